The van der Waals surface area contributed by atoms with Crippen molar-refractivity contribution in [1.29, 1.82) is 0 Å². The second-order valence-electron chi connectivity index (χ2n) is 4.89. The molecule has 1 N–H and O–H groups in total. The highest BCUT2D eigenvalue weighted by atomic mass is 19.2. The predicted molar refractivity (Wildman–Crippen MR) is 73.2 cm³/mol. The van der Waals surface area contributed by atoms with Gasteiger partial charge in [-0.1, -0.05) is 13.0 Å². The van der Waals surface area contributed by atoms with Gasteiger partial charge < -0.3 is 10.1 Å². The van der Waals surface area contributed by atoms with E-state index in [1.165, 1.54) is 12.1 Å². The van der Waals surface area contributed by atoms with Crippen LogP contribution in [0.1, 0.15) is 32.3 Å². The molecule has 0 amide bonds. The van der Waals surface area contributed by atoms with Crippen molar-refractivity contribution in [3.05, 3.63) is 35.4 Å². The summed E-state index contributed by atoms with van der Waals surface area (Å²) in [5, 5.41) is 3.42. The molecular formula is C15H23F2NO. The minimum absolute atomic E-state index is 0.139. The summed E-state index contributed by atoms with van der Waals surface area (Å²) in [7, 11) is 1.68. The van der Waals surface area contributed by atoms with Crippen molar-refractivity contribution < 1.29 is 13.5 Å². The zero-order valence-corrected chi connectivity index (χ0v) is 11.9. The minimum atomic E-state index is -0.799. The molecule has 0 heterocycles. The molecule has 0 aromatic heterocycles. The van der Waals surface area contributed by atoms with E-state index in [2.05, 4.69) is 12.2 Å². The summed E-state index contributed by atoms with van der Waals surface area (Å²) in [6.07, 6.45) is 2.69. The van der Waals surface area contributed by atoms with Gasteiger partial charge in [-0.15, -0.1) is 0 Å². The van der Waals surface area contributed by atoms with Crippen LogP contribution in [0.2, 0.25) is 0 Å². The average molecular weight is 271 g/mol. The molecule has 1 aromatic rings. The van der Waals surface area contributed by atoms with E-state index >= 15 is 0 Å². The number of hydrogen-bond donors (Lipinski definition) is 1. The molecular weight excluding hydrogens is 248 g/mol. The molecule has 0 radical (unpaired) electrons. The molecule has 108 valence electrons. The van der Waals surface area contributed by atoms with Gasteiger partial charge in [0.2, 0.25) is 0 Å². The highest BCUT2D eigenvalue weighted by molar-refractivity contribution is 5.18. The average Bonchev–Trinajstić information content (AvgIpc) is 2.40. The molecule has 0 fully saturated rings. The highest BCUT2D eigenvalue weighted by Gasteiger charge is 2.14. The Bertz CT molecular complexity index is 384. The summed E-state index contributed by atoms with van der Waals surface area (Å²) < 4.78 is 31.4. The molecule has 0 aliphatic rings. The van der Waals surface area contributed by atoms with Gasteiger partial charge in [0, 0.05) is 13.2 Å². The molecule has 0 saturated heterocycles. The van der Waals surface area contributed by atoms with Crippen molar-refractivity contribution >= 4 is 0 Å². The van der Waals surface area contributed by atoms with Crippen molar-refractivity contribution in [1.82, 2.24) is 5.32 Å². The summed E-state index contributed by atoms with van der Waals surface area (Å²) >= 11 is 0. The lowest BCUT2D eigenvalue weighted by molar-refractivity contribution is 0.100. The third-order valence-corrected chi connectivity index (χ3v) is 3.17. The SMILES string of the molecule is CCCNC(Cc1ccc(F)c(F)c1)CC(C)OC. The van der Waals surface area contributed by atoms with Crippen LogP contribution in [0.4, 0.5) is 8.78 Å². The number of nitrogens with one attached hydrogen (secondary N) is 1. The van der Waals surface area contributed by atoms with Gasteiger partial charge in [-0.25, -0.2) is 8.78 Å². The first kappa shape index (κ1) is 16.1. The van der Waals surface area contributed by atoms with Crippen LogP contribution in [0.3, 0.4) is 0 Å². The fourth-order valence-electron chi connectivity index (χ4n) is 2.04. The van der Waals surface area contributed by atoms with Crippen molar-refractivity contribution in [2.24, 2.45) is 0 Å². The normalized spacial score (nSPS) is 14.4. The zero-order valence-electron chi connectivity index (χ0n) is 11.9. The van der Waals surface area contributed by atoms with Crippen LogP contribution in [0.5, 0.6) is 0 Å². The Balaban J connectivity index is 2.66. The maximum absolute atomic E-state index is 13.2. The molecule has 19 heavy (non-hydrogen) atoms. The number of rotatable bonds is 8. The van der Waals surface area contributed by atoms with Crippen molar-refractivity contribution in [3.63, 3.8) is 0 Å². The quantitative estimate of drug-likeness (QED) is 0.783. The number of benzene rings is 1. The summed E-state index contributed by atoms with van der Waals surface area (Å²) in [6, 6.07) is 4.30. The van der Waals surface area contributed by atoms with Crippen LogP contribution in [-0.4, -0.2) is 25.8 Å². The van der Waals surface area contributed by atoms with Crippen LogP contribution in [0.15, 0.2) is 18.2 Å². The second-order valence-corrected chi connectivity index (χ2v) is 4.89. The largest absolute Gasteiger partial charge is 0.382 e. The first-order valence-corrected chi connectivity index (χ1v) is 6.76. The van der Waals surface area contributed by atoms with E-state index in [1.54, 1.807) is 13.2 Å². The Labute approximate surface area is 114 Å². The molecule has 0 spiro atoms. The van der Waals surface area contributed by atoms with E-state index in [0.29, 0.717) is 6.42 Å². The summed E-state index contributed by atoms with van der Waals surface area (Å²) in [5.74, 6) is -1.58. The van der Waals surface area contributed by atoms with E-state index in [-0.39, 0.29) is 12.1 Å². The molecule has 1 rings (SSSR count). The smallest absolute Gasteiger partial charge is 0.159 e. The molecule has 0 saturated carbocycles. The maximum atomic E-state index is 13.2. The van der Waals surface area contributed by atoms with E-state index in [1.807, 2.05) is 6.92 Å². The molecule has 0 bridgehead atoms. The van der Waals surface area contributed by atoms with Crippen LogP contribution in [-0.2, 0) is 11.2 Å². The van der Waals surface area contributed by atoms with Gasteiger partial charge in [0.1, 0.15) is 0 Å². The Morgan fingerprint density at radius 2 is 2.00 bits per heavy atom. The maximum Gasteiger partial charge on any atom is 0.159 e. The van der Waals surface area contributed by atoms with Crippen LogP contribution >= 0.6 is 0 Å². The molecule has 2 atom stereocenters. The van der Waals surface area contributed by atoms with Crippen molar-refractivity contribution in [2.75, 3.05) is 13.7 Å². The third kappa shape index (κ3) is 5.66. The van der Waals surface area contributed by atoms with E-state index in [4.69, 9.17) is 4.74 Å². The lowest BCUT2D eigenvalue weighted by atomic mass is 10.0. The van der Waals surface area contributed by atoms with E-state index < -0.39 is 11.6 Å². The first-order chi connectivity index (χ1) is 9.06. The summed E-state index contributed by atoms with van der Waals surface area (Å²) in [6.45, 7) is 5.01. The van der Waals surface area contributed by atoms with Gasteiger partial charge in [0.15, 0.2) is 11.6 Å². The van der Waals surface area contributed by atoms with Gasteiger partial charge in [-0.3, -0.25) is 0 Å². The topological polar surface area (TPSA) is 21.3 Å². The Kier molecular flexibility index (Phi) is 6.95. The minimum Gasteiger partial charge on any atom is -0.382 e. The van der Waals surface area contributed by atoms with E-state index in [9.17, 15) is 8.78 Å². The van der Waals surface area contributed by atoms with Crippen LogP contribution in [0, 0.1) is 11.6 Å². The fourth-order valence-corrected chi connectivity index (χ4v) is 2.04. The van der Waals surface area contributed by atoms with Gasteiger partial charge in [0.25, 0.3) is 0 Å². The van der Waals surface area contributed by atoms with Gasteiger partial charge in [-0.2, -0.15) is 0 Å². The number of ether oxygens (including phenoxy) is 1. The molecule has 2 unspecified atom stereocenters. The molecule has 1 aromatic carbocycles. The van der Waals surface area contributed by atoms with Crippen LogP contribution < -0.4 is 5.32 Å². The third-order valence-electron chi connectivity index (χ3n) is 3.17. The van der Waals surface area contributed by atoms with Gasteiger partial charge in [0.05, 0.1) is 6.10 Å². The van der Waals surface area contributed by atoms with Gasteiger partial charge in [-0.05, 0) is 50.4 Å². The van der Waals surface area contributed by atoms with E-state index in [0.717, 1.165) is 24.9 Å². The van der Waals surface area contributed by atoms with Crippen molar-refractivity contribution in [2.45, 2.75) is 45.3 Å². The zero-order chi connectivity index (χ0) is 14.3. The standard InChI is InChI=1S/C15H23F2NO/c1-4-7-18-13(8-11(2)19-3)9-12-5-6-14(16)15(17)10-12/h5-6,10-11,13,18H,4,7-9H2,1-3H3. The lowest BCUT2D eigenvalue weighted by Crippen LogP contribution is -2.35. The number of hydrogen-bond acceptors (Lipinski definition) is 2. The second kappa shape index (κ2) is 8.23. The highest BCUT2D eigenvalue weighted by Crippen LogP contribution is 2.13. The monoisotopic (exact) mass is 271 g/mol. The molecule has 0 aliphatic carbocycles. The molecule has 4 heteroatoms. The lowest BCUT2D eigenvalue weighted by Gasteiger charge is -2.21. The number of halogens is 2. The molecule has 2 nitrogen and oxygen atoms in total. The summed E-state index contributed by atoms with van der Waals surface area (Å²) in [4.78, 5) is 0. The Hall–Kier alpha value is -1.00. The number of methoxy groups -OCH3 is 1. The fraction of sp³-hybridized carbons (Fsp3) is 0.600. The molecule has 0 aliphatic heterocycles. The summed E-state index contributed by atoms with van der Waals surface area (Å²) in [5.41, 5.74) is 0.802. The van der Waals surface area contributed by atoms with Crippen LogP contribution in [0.25, 0.3) is 0 Å². The predicted octanol–water partition coefficient (Wildman–Crippen LogP) is 3.30. The van der Waals surface area contributed by atoms with Crippen molar-refractivity contribution in [3.8, 4) is 0 Å². The Morgan fingerprint density at radius 3 is 2.58 bits per heavy atom. The first-order valence-electron chi connectivity index (χ1n) is 6.76. The Morgan fingerprint density at radius 1 is 1.26 bits per heavy atom. The van der Waals surface area contributed by atoms with Gasteiger partial charge >= 0.3 is 0 Å².